The van der Waals surface area contributed by atoms with Crippen LogP contribution in [0.4, 0.5) is 0 Å². The minimum absolute atomic E-state index is 0.187. The minimum atomic E-state index is -0.399. The van der Waals surface area contributed by atoms with Crippen molar-refractivity contribution < 1.29 is 9.53 Å². The fraction of sp³-hybridized carbons (Fsp3) is 0.800. The zero-order valence-corrected chi connectivity index (χ0v) is 7.58. The third kappa shape index (κ3) is 1.31. The van der Waals surface area contributed by atoms with E-state index in [4.69, 9.17) is 10.00 Å². The number of hydrogen-bond donors (Lipinski definition) is 0. The average Bonchev–Trinajstić information content (AvgIpc) is 2.43. The van der Waals surface area contributed by atoms with Gasteiger partial charge in [0.05, 0.1) is 18.4 Å². The van der Waals surface area contributed by atoms with Crippen LogP contribution in [0.3, 0.4) is 0 Å². The molecule has 1 spiro atoms. The molecule has 0 amide bonds. The standard InChI is InChI=1S/C10H13NO2/c11-7-8-6-9(12)13-10(8)4-2-1-3-5-10/h8H,1-6H2/t8-/m0/s1. The lowest BCUT2D eigenvalue weighted by molar-refractivity contribution is -0.151. The highest BCUT2D eigenvalue weighted by Gasteiger charge is 2.49. The molecule has 3 nitrogen and oxygen atoms in total. The largest absolute Gasteiger partial charge is 0.458 e. The first-order chi connectivity index (χ1) is 6.27. The van der Waals surface area contributed by atoms with Crippen molar-refractivity contribution in [3.8, 4) is 6.07 Å². The lowest BCUT2D eigenvalue weighted by Crippen LogP contribution is -2.37. The van der Waals surface area contributed by atoms with E-state index in [-0.39, 0.29) is 11.9 Å². The van der Waals surface area contributed by atoms with Crippen LogP contribution in [0.15, 0.2) is 0 Å². The van der Waals surface area contributed by atoms with Crippen LogP contribution in [-0.4, -0.2) is 11.6 Å². The number of esters is 1. The zero-order chi connectivity index (χ0) is 9.31. The molecule has 1 heterocycles. The van der Waals surface area contributed by atoms with E-state index < -0.39 is 5.60 Å². The van der Waals surface area contributed by atoms with Crippen LogP contribution in [-0.2, 0) is 9.53 Å². The van der Waals surface area contributed by atoms with Crippen molar-refractivity contribution in [1.29, 1.82) is 5.26 Å². The Bertz CT molecular complexity index is 261. The van der Waals surface area contributed by atoms with Crippen LogP contribution >= 0.6 is 0 Å². The van der Waals surface area contributed by atoms with Crippen LogP contribution in [0.1, 0.15) is 38.5 Å². The SMILES string of the molecule is N#C[C@@H]1CC(=O)OC12CCCCC2. The van der Waals surface area contributed by atoms with Crippen molar-refractivity contribution in [2.75, 3.05) is 0 Å². The molecule has 2 rings (SSSR count). The fourth-order valence-corrected chi connectivity index (χ4v) is 2.46. The fourth-order valence-electron chi connectivity index (χ4n) is 2.46. The first kappa shape index (κ1) is 8.55. The lowest BCUT2D eigenvalue weighted by atomic mass is 9.76. The van der Waals surface area contributed by atoms with Gasteiger partial charge in [0.1, 0.15) is 5.60 Å². The molecule has 0 radical (unpaired) electrons. The van der Waals surface area contributed by atoms with Crippen molar-refractivity contribution in [2.45, 2.75) is 44.1 Å². The van der Waals surface area contributed by atoms with E-state index in [9.17, 15) is 4.79 Å². The molecule has 0 aromatic carbocycles. The van der Waals surface area contributed by atoms with Crippen molar-refractivity contribution in [2.24, 2.45) is 5.92 Å². The maximum absolute atomic E-state index is 11.1. The minimum Gasteiger partial charge on any atom is -0.458 e. The smallest absolute Gasteiger partial charge is 0.307 e. The Morgan fingerprint density at radius 1 is 1.38 bits per heavy atom. The Labute approximate surface area is 77.7 Å². The molecule has 0 bridgehead atoms. The monoisotopic (exact) mass is 179 g/mol. The number of carbonyl (C=O) groups excluding carboxylic acids is 1. The summed E-state index contributed by atoms with van der Waals surface area (Å²) in [5.74, 6) is -0.381. The maximum Gasteiger partial charge on any atom is 0.307 e. The van der Waals surface area contributed by atoms with E-state index in [0.29, 0.717) is 6.42 Å². The van der Waals surface area contributed by atoms with E-state index in [0.717, 1.165) is 25.7 Å². The summed E-state index contributed by atoms with van der Waals surface area (Å²) in [4.78, 5) is 11.1. The number of hydrogen-bond acceptors (Lipinski definition) is 3. The number of rotatable bonds is 0. The van der Waals surface area contributed by atoms with Gasteiger partial charge in [-0.15, -0.1) is 0 Å². The molecule has 70 valence electrons. The molecule has 0 aromatic rings. The Kier molecular flexibility index (Phi) is 1.99. The number of nitrogens with zero attached hydrogens (tertiary/aromatic N) is 1. The summed E-state index contributed by atoms with van der Waals surface area (Å²) >= 11 is 0. The topological polar surface area (TPSA) is 50.1 Å². The number of carbonyl (C=O) groups is 1. The molecule has 1 aliphatic carbocycles. The Balaban J connectivity index is 2.19. The van der Waals surface area contributed by atoms with Crippen molar-refractivity contribution >= 4 is 5.97 Å². The van der Waals surface area contributed by atoms with Crippen LogP contribution in [0.2, 0.25) is 0 Å². The van der Waals surface area contributed by atoms with Gasteiger partial charge in [-0.2, -0.15) is 5.26 Å². The summed E-state index contributed by atoms with van der Waals surface area (Å²) < 4.78 is 5.33. The zero-order valence-electron chi connectivity index (χ0n) is 7.58. The van der Waals surface area contributed by atoms with Gasteiger partial charge < -0.3 is 4.74 Å². The average molecular weight is 179 g/mol. The Morgan fingerprint density at radius 3 is 2.69 bits per heavy atom. The summed E-state index contributed by atoms with van der Waals surface area (Å²) in [7, 11) is 0. The van der Waals surface area contributed by atoms with Crippen molar-refractivity contribution in [3.63, 3.8) is 0 Å². The van der Waals surface area contributed by atoms with Gasteiger partial charge in [0, 0.05) is 0 Å². The molecule has 0 unspecified atom stereocenters. The molecule has 0 N–H and O–H groups in total. The highest BCUT2D eigenvalue weighted by atomic mass is 16.6. The van der Waals surface area contributed by atoms with E-state index >= 15 is 0 Å². The van der Waals surface area contributed by atoms with Gasteiger partial charge in [-0.1, -0.05) is 6.42 Å². The van der Waals surface area contributed by atoms with Gasteiger partial charge in [0.15, 0.2) is 0 Å². The summed E-state index contributed by atoms with van der Waals surface area (Å²) in [6, 6.07) is 2.21. The molecular weight excluding hydrogens is 166 g/mol. The predicted molar refractivity (Wildman–Crippen MR) is 45.6 cm³/mol. The van der Waals surface area contributed by atoms with E-state index in [1.807, 2.05) is 0 Å². The molecule has 1 atom stereocenters. The first-order valence-corrected chi connectivity index (χ1v) is 4.88. The molecule has 1 saturated heterocycles. The van der Waals surface area contributed by atoms with Crippen LogP contribution < -0.4 is 0 Å². The molecule has 0 aromatic heterocycles. The molecular formula is C10H13NO2. The van der Waals surface area contributed by atoms with Gasteiger partial charge in [-0.3, -0.25) is 4.79 Å². The number of ether oxygens (including phenoxy) is 1. The predicted octanol–water partition coefficient (Wildman–Crippen LogP) is 1.78. The third-order valence-corrected chi connectivity index (χ3v) is 3.18. The van der Waals surface area contributed by atoms with Crippen LogP contribution in [0.25, 0.3) is 0 Å². The second kappa shape index (κ2) is 3.02. The van der Waals surface area contributed by atoms with Gasteiger partial charge in [0.25, 0.3) is 0 Å². The Morgan fingerprint density at radius 2 is 2.08 bits per heavy atom. The van der Waals surface area contributed by atoms with Gasteiger partial charge in [0.2, 0.25) is 0 Å². The highest BCUT2D eigenvalue weighted by Crippen LogP contribution is 2.43. The van der Waals surface area contributed by atoms with Crippen LogP contribution in [0.5, 0.6) is 0 Å². The van der Waals surface area contributed by atoms with E-state index in [1.54, 1.807) is 0 Å². The molecule has 3 heteroatoms. The van der Waals surface area contributed by atoms with Gasteiger partial charge >= 0.3 is 5.97 Å². The van der Waals surface area contributed by atoms with E-state index in [2.05, 4.69) is 6.07 Å². The summed E-state index contributed by atoms with van der Waals surface area (Å²) in [5.41, 5.74) is -0.399. The summed E-state index contributed by atoms with van der Waals surface area (Å²) in [6.07, 6.45) is 5.46. The molecule has 1 saturated carbocycles. The van der Waals surface area contributed by atoms with Gasteiger partial charge in [-0.05, 0) is 25.7 Å². The molecule has 2 fully saturated rings. The van der Waals surface area contributed by atoms with Crippen molar-refractivity contribution in [1.82, 2.24) is 0 Å². The molecule has 2 aliphatic rings. The normalized spacial score (nSPS) is 31.3. The molecule has 1 aliphatic heterocycles. The second-order valence-electron chi connectivity index (χ2n) is 3.99. The highest BCUT2D eigenvalue weighted by molar-refractivity contribution is 5.73. The van der Waals surface area contributed by atoms with Crippen LogP contribution in [0, 0.1) is 17.2 Å². The van der Waals surface area contributed by atoms with Crippen molar-refractivity contribution in [3.05, 3.63) is 0 Å². The quantitative estimate of drug-likeness (QED) is 0.532. The maximum atomic E-state index is 11.1. The van der Waals surface area contributed by atoms with Gasteiger partial charge in [-0.25, -0.2) is 0 Å². The Hall–Kier alpha value is -1.04. The third-order valence-electron chi connectivity index (χ3n) is 3.18. The first-order valence-electron chi connectivity index (χ1n) is 4.88. The number of nitriles is 1. The molecule has 13 heavy (non-hydrogen) atoms. The summed E-state index contributed by atoms with van der Waals surface area (Å²) in [5, 5.41) is 8.92. The summed E-state index contributed by atoms with van der Waals surface area (Å²) in [6.45, 7) is 0. The second-order valence-corrected chi connectivity index (χ2v) is 3.99. The lowest BCUT2D eigenvalue weighted by Gasteiger charge is -2.33. The van der Waals surface area contributed by atoms with E-state index in [1.165, 1.54) is 6.42 Å².